The number of carbonyl (C=O) groups excluding carboxylic acids is 1. The van der Waals surface area contributed by atoms with Gasteiger partial charge in [0.05, 0.1) is 11.3 Å². The second-order valence-electron chi connectivity index (χ2n) is 5.11. The van der Waals surface area contributed by atoms with E-state index in [1.165, 1.54) is 12.1 Å². The molecule has 1 saturated heterocycles. The van der Waals surface area contributed by atoms with Crippen LogP contribution in [0.3, 0.4) is 0 Å². The first kappa shape index (κ1) is 13.6. The minimum Gasteiger partial charge on any atom is -0.361 e. The number of hydrogen-bond acceptors (Lipinski definition) is 4. The van der Waals surface area contributed by atoms with Crippen LogP contribution in [0.15, 0.2) is 24.4 Å². The van der Waals surface area contributed by atoms with E-state index in [0.29, 0.717) is 13.1 Å². The summed E-state index contributed by atoms with van der Waals surface area (Å²) in [4.78, 5) is 27.6. The van der Waals surface area contributed by atoms with E-state index < -0.39 is 4.92 Å². The molecule has 0 spiro atoms. The van der Waals surface area contributed by atoms with Gasteiger partial charge in [0.2, 0.25) is 5.91 Å². The summed E-state index contributed by atoms with van der Waals surface area (Å²) in [6.45, 7) is 3.04. The predicted molar refractivity (Wildman–Crippen MR) is 78.1 cm³/mol. The summed E-state index contributed by atoms with van der Waals surface area (Å²) < 4.78 is 0. The number of carbonyl (C=O) groups is 1. The second kappa shape index (κ2) is 5.53. The summed E-state index contributed by atoms with van der Waals surface area (Å²) in [6, 6.07) is 4.65. The second-order valence-corrected chi connectivity index (χ2v) is 5.11. The van der Waals surface area contributed by atoms with Crippen LogP contribution in [0, 0.1) is 10.1 Å². The van der Waals surface area contributed by atoms with Gasteiger partial charge in [-0.25, -0.2) is 0 Å². The van der Waals surface area contributed by atoms with Gasteiger partial charge in [0.1, 0.15) is 0 Å². The van der Waals surface area contributed by atoms with Crippen LogP contribution in [-0.4, -0.2) is 46.9 Å². The summed E-state index contributed by atoms with van der Waals surface area (Å²) in [5, 5.41) is 14.8. The lowest BCUT2D eigenvalue weighted by molar-refractivity contribution is -0.384. The summed E-state index contributed by atoms with van der Waals surface area (Å²) in [5.41, 5.74) is 1.65. The normalized spacial score (nSPS) is 15.3. The Morgan fingerprint density at radius 2 is 2.10 bits per heavy atom. The molecule has 0 saturated carbocycles. The highest BCUT2D eigenvalue weighted by molar-refractivity contribution is 5.90. The number of H-pyrrole nitrogens is 1. The van der Waals surface area contributed by atoms with E-state index in [2.05, 4.69) is 10.3 Å². The highest BCUT2D eigenvalue weighted by Gasteiger charge is 2.18. The van der Waals surface area contributed by atoms with Crippen LogP contribution in [0.25, 0.3) is 10.9 Å². The van der Waals surface area contributed by atoms with Gasteiger partial charge in [-0.05, 0) is 11.6 Å². The molecule has 2 N–H and O–H groups in total. The molecule has 0 radical (unpaired) electrons. The Bertz CT molecular complexity index is 689. The molecule has 3 rings (SSSR count). The number of nitro groups is 1. The van der Waals surface area contributed by atoms with Crippen molar-refractivity contribution in [2.75, 3.05) is 26.2 Å². The number of amides is 1. The molecule has 1 fully saturated rings. The number of piperazine rings is 1. The summed E-state index contributed by atoms with van der Waals surface area (Å²) in [5.74, 6) is 0.0592. The van der Waals surface area contributed by atoms with Crippen LogP contribution in [0.5, 0.6) is 0 Å². The number of hydrogen-bond donors (Lipinski definition) is 2. The molecule has 2 aromatic rings. The molecule has 1 aromatic carbocycles. The predicted octanol–water partition coefficient (Wildman–Crippen LogP) is 1.05. The maximum Gasteiger partial charge on any atom is 0.270 e. The van der Waals surface area contributed by atoms with E-state index >= 15 is 0 Å². The Hall–Kier alpha value is -2.41. The maximum absolute atomic E-state index is 12.3. The average molecular weight is 288 g/mol. The number of nitrogens with zero attached hydrogens (tertiary/aromatic N) is 2. The van der Waals surface area contributed by atoms with Gasteiger partial charge in [-0.15, -0.1) is 0 Å². The van der Waals surface area contributed by atoms with Gasteiger partial charge in [0, 0.05) is 55.4 Å². The van der Waals surface area contributed by atoms with Crippen molar-refractivity contribution in [1.29, 1.82) is 0 Å². The van der Waals surface area contributed by atoms with Crippen LogP contribution < -0.4 is 5.32 Å². The topological polar surface area (TPSA) is 91.3 Å². The molecule has 0 bridgehead atoms. The van der Waals surface area contributed by atoms with Gasteiger partial charge in [0.25, 0.3) is 5.69 Å². The van der Waals surface area contributed by atoms with Gasteiger partial charge in [-0.1, -0.05) is 0 Å². The molecule has 1 aliphatic heterocycles. The molecule has 2 heterocycles. The van der Waals surface area contributed by atoms with E-state index in [1.54, 1.807) is 12.3 Å². The van der Waals surface area contributed by atoms with Crippen LogP contribution >= 0.6 is 0 Å². The van der Waals surface area contributed by atoms with E-state index in [1.807, 2.05) is 4.90 Å². The molecule has 0 unspecified atom stereocenters. The smallest absolute Gasteiger partial charge is 0.270 e. The van der Waals surface area contributed by atoms with Crippen molar-refractivity contribution in [3.63, 3.8) is 0 Å². The Labute approximate surface area is 121 Å². The van der Waals surface area contributed by atoms with E-state index in [-0.39, 0.29) is 18.0 Å². The zero-order valence-electron chi connectivity index (χ0n) is 11.5. The van der Waals surface area contributed by atoms with E-state index in [9.17, 15) is 14.9 Å². The molecule has 110 valence electrons. The molecular weight excluding hydrogens is 272 g/mol. The highest BCUT2D eigenvalue weighted by Crippen LogP contribution is 2.24. The van der Waals surface area contributed by atoms with Crippen molar-refractivity contribution in [2.24, 2.45) is 0 Å². The maximum atomic E-state index is 12.3. The Morgan fingerprint density at radius 1 is 1.33 bits per heavy atom. The zero-order chi connectivity index (χ0) is 14.8. The van der Waals surface area contributed by atoms with Crippen molar-refractivity contribution in [3.8, 4) is 0 Å². The molecule has 1 aromatic heterocycles. The third-order valence-electron chi connectivity index (χ3n) is 3.77. The summed E-state index contributed by atoms with van der Waals surface area (Å²) in [6.07, 6.45) is 2.02. The van der Waals surface area contributed by atoms with Crippen molar-refractivity contribution in [1.82, 2.24) is 15.2 Å². The molecule has 1 amide bonds. The molecule has 7 heteroatoms. The SMILES string of the molecule is O=C(Cc1c[nH]c2ccc([N+](=O)[O-])cc12)N1CCNCC1. The lowest BCUT2D eigenvalue weighted by atomic mass is 10.1. The summed E-state index contributed by atoms with van der Waals surface area (Å²) >= 11 is 0. The first-order valence-corrected chi connectivity index (χ1v) is 6.88. The van der Waals surface area contributed by atoms with Gasteiger partial charge >= 0.3 is 0 Å². The van der Waals surface area contributed by atoms with Gasteiger partial charge in [-0.3, -0.25) is 14.9 Å². The number of benzene rings is 1. The average Bonchev–Trinajstić information content (AvgIpc) is 2.90. The Morgan fingerprint density at radius 3 is 2.81 bits per heavy atom. The Balaban J connectivity index is 1.84. The van der Waals surface area contributed by atoms with Crippen molar-refractivity contribution < 1.29 is 9.72 Å². The highest BCUT2D eigenvalue weighted by atomic mass is 16.6. The number of aromatic amines is 1. The van der Waals surface area contributed by atoms with Crippen molar-refractivity contribution in [3.05, 3.63) is 40.1 Å². The molecular formula is C14H16N4O3. The van der Waals surface area contributed by atoms with Gasteiger partial charge in [-0.2, -0.15) is 0 Å². The van der Waals surface area contributed by atoms with E-state index in [4.69, 9.17) is 0 Å². The number of rotatable bonds is 3. The minimum absolute atomic E-state index is 0.0398. The molecule has 0 aliphatic carbocycles. The molecule has 0 atom stereocenters. The van der Waals surface area contributed by atoms with Crippen LogP contribution in [0.4, 0.5) is 5.69 Å². The monoisotopic (exact) mass is 288 g/mol. The van der Waals surface area contributed by atoms with E-state index in [0.717, 1.165) is 29.6 Å². The fourth-order valence-corrected chi connectivity index (χ4v) is 2.62. The fourth-order valence-electron chi connectivity index (χ4n) is 2.62. The summed E-state index contributed by atoms with van der Waals surface area (Å²) in [7, 11) is 0. The third-order valence-corrected chi connectivity index (χ3v) is 3.77. The third kappa shape index (κ3) is 2.73. The van der Waals surface area contributed by atoms with Crippen LogP contribution in [0.1, 0.15) is 5.56 Å². The molecule has 1 aliphatic rings. The van der Waals surface area contributed by atoms with Crippen molar-refractivity contribution >= 4 is 22.5 Å². The zero-order valence-corrected chi connectivity index (χ0v) is 11.5. The number of non-ortho nitro benzene ring substituents is 1. The number of nitro benzene ring substituents is 1. The molecule has 7 nitrogen and oxygen atoms in total. The lowest BCUT2D eigenvalue weighted by Gasteiger charge is -2.27. The largest absolute Gasteiger partial charge is 0.361 e. The first-order valence-electron chi connectivity index (χ1n) is 6.88. The standard InChI is InChI=1S/C14H16N4O3/c19-14(17-5-3-15-4-6-17)7-10-9-16-13-2-1-11(18(20)21)8-12(10)13/h1-2,8-9,15-16H,3-7H2. The van der Waals surface area contributed by atoms with Crippen molar-refractivity contribution in [2.45, 2.75) is 6.42 Å². The van der Waals surface area contributed by atoms with Crippen LogP contribution in [-0.2, 0) is 11.2 Å². The number of aromatic nitrogens is 1. The van der Waals surface area contributed by atoms with Gasteiger partial charge in [0.15, 0.2) is 0 Å². The first-order chi connectivity index (χ1) is 10.1. The minimum atomic E-state index is -0.422. The number of fused-ring (bicyclic) bond motifs is 1. The quantitative estimate of drug-likeness (QED) is 0.652. The van der Waals surface area contributed by atoms with Crippen LogP contribution in [0.2, 0.25) is 0 Å². The van der Waals surface area contributed by atoms with Gasteiger partial charge < -0.3 is 15.2 Å². The Kier molecular flexibility index (Phi) is 3.57. The fraction of sp³-hybridized carbons (Fsp3) is 0.357. The number of nitrogens with one attached hydrogen (secondary N) is 2. The molecule has 21 heavy (non-hydrogen) atoms. The lowest BCUT2D eigenvalue weighted by Crippen LogP contribution is -2.46.